The summed E-state index contributed by atoms with van der Waals surface area (Å²) >= 11 is 0. The van der Waals surface area contributed by atoms with Crippen LogP contribution in [-0.4, -0.2) is 62.8 Å². The highest BCUT2D eigenvalue weighted by Gasteiger charge is 2.41. The number of nitrogens with zero attached hydrogens (tertiary/aromatic N) is 2. The maximum absolute atomic E-state index is 5.50. The number of halogens is 1. The van der Waals surface area contributed by atoms with Crippen molar-refractivity contribution in [1.29, 1.82) is 0 Å². The Bertz CT molecular complexity index is 349. The molecule has 0 aliphatic heterocycles. The van der Waals surface area contributed by atoms with Gasteiger partial charge in [0.1, 0.15) is 0 Å². The normalized spacial score (nSPS) is 16.5. The van der Waals surface area contributed by atoms with Crippen LogP contribution in [0.25, 0.3) is 0 Å². The van der Waals surface area contributed by atoms with Crippen LogP contribution < -0.4 is 10.6 Å². The van der Waals surface area contributed by atoms with Gasteiger partial charge in [-0.1, -0.05) is 0 Å². The molecular weight excluding hydrogens is 415 g/mol. The smallest absolute Gasteiger partial charge is 0.191 e. The highest BCUT2D eigenvalue weighted by atomic mass is 127. The predicted octanol–water partition coefficient (Wildman–Crippen LogP) is 3.10. The minimum Gasteiger partial charge on any atom is -0.382 e. The van der Waals surface area contributed by atoms with Gasteiger partial charge in [-0.25, -0.2) is 0 Å². The van der Waals surface area contributed by atoms with E-state index in [2.05, 4.69) is 55.1 Å². The summed E-state index contributed by atoms with van der Waals surface area (Å²) in [6, 6.07) is 1.14. The molecule has 1 aliphatic rings. The van der Waals surface area contributed by atoms with Crippen LogP contribution in [-0.2, 0) is 4.74 Å². The van der Waals surface area contributed by atoms with Gasteiger partial charge in [0, 0.05) is 52.0 Å². The van der Waals surface area contributed by atoms with Crippen molar-refractivity contribution >= 4 is 29.9 Å². The highest BCUT2D eigenvalue weighted by Crippen LogP contribution is 2.48. The first-order chi connectivity index (χ1) is 10.9. The number of guanidine groups is 1. The second kappa shape index (κ2) is 12.3. The van der Waals surface area contributed by atoms with E-state index < -0.39 is 0 Å². The number of hydrogen-bond acceptors (Lipinski definition) is 3. The maximum Gasteiger partial charge on any atom is 0.191 e. The topological polar surface area (TPSA) is 48.9 Å². The summed E-state index contributed by atoms with van der Waals surface area (Å²) in [5.74, 6) is 0.917. The fraction of sp³-hybridized carbons (Fsp3) is 0.944. The van der Waals surface area contributed by atoms with E-state index >= 15 is 0 Å². The lowest BCUT2D eigenvalue weighted by Gasteiger charge is -2.30. The molecule has 0 aromatic rings. The second-order valence-electron chi connectivity index (χ2n) is 7.22. The number of rotatable bonds is 11. The van der Waals surface area contributed by atoms with Crippen LogP contribution in [0.2, 0.25) is 0 Å². The molecule has 0 bridgehead atoms. The van der Waals surface area contributed by atoms with Crippen molar-refractivity contribution in [2.75, 3.05) is 39.9 Å². The van der Waals surface area contributed by atoms with E-state index in [1.165, 1.54) is 12.8 Å². The first-order valence-corrected chi connectivity index (χ1v) is 9.22. The Morgan fingerprint density at radius 2 is 1.79 bits per heavy atom. The molecule has 0 spiro atoms. The van der Waals surface area contributed by atoms with Gasteiger partial charge in [-0.05, 0) is 59.3 Å². The minimum absolute atomic E-state index is 0. The Morgan fingerprint density at radius 1 is 1.17 bits per heavy atom. The number of nitrogens with one attached hydrogen (secondary N) is 2. The predicted molar refractivity (Wildman–Crippen MR) is 115 cm³/mol. The molecule has 6 heteroatoms. The van der Waals surface area contributed by atoms with Crippen molar-refractivity contribution in [1.82, 2.24) is 15.5 Å². The average molecular weight is 454 g/mol. The Balaban J connectivity index is 0.00000529. The average Bonchev–Trinajstić information content (AvgIpc) is 3.26. The number of aliphatic imine (C=N–C) groups is 1. The molecule has 1 rings (SSSR count). The molecule has 1 saturated carbocycles. The zero-order valence-corrected chi connectivity index (χ0v) is 18.9. The summed E-state index contributed by atoms with van der Waals surface area (Å²) in [4.78, 5) is 6.84. The highest BCUT2D eigenvalue weighted by molar-refractivity contribution is 14.0. The summed E-state index contributed by atoms with van der Waals surface area (Å²) < 4.78 is 5.50. The Kier molecular flexibility index (Phi) is 12.3. The second-order valence-corrected chi connectivity index (χ2v) is 7.22. The molecule has 0 heterocycles. The lowest BCUT2D eigenvalue weighted by atomic mass is 10.0. The summed E-state index contributed by atoms with van der Waals surface area (Å²) in [5.41, 5.74) is 0.439. The van der Waals surface area contributed by atoms with Gasteiger partial charge in [-0.3, -0.25) is 9.89 Å². The van der Waals surface area contributed by atoms with Crippen LogP contribution in [0.1, 0.15) is 53.9 Å². The third kappa shape index (κ3) is 8.85. The van der Waals surface area contributed by atoms with Crippen LogP contribution >= 0.6 is 24.0 Å². The van der Waals surface area contributed by atoms with Gasteiger partial charge >= 0.3 is 0 Å². The van der Waals surface area contributed by atoms with Crippen LogP contribution in [0.15, 0.2) is 4.99 Å². The van der Waals surface area contributed by atoms with Crippen molar-refractivity contribution in [3.8, 4) is 0 Å². The van der Waals surface area contributed by atoms with Gasteiger partial charge in [0.25, 0.3) is 0 Å². The zero-order valence-electron chi connectivity index (χ0n) is 16.5. The van der Waals surface area contributed by atoms with E-state index in [1.54, 1.807) is 0 Å². The van der Waals surface area contributed by atoms with Crippen molar-refractivity contribution < 1.29 is 4.74 Å². The van der Waals surface area contributed by atoms with Crippen LogP contribution in [0.4, 0.5) is 0 Å². The van der Waals surface area contributed by atoms with Crippen LogP contribution in [0, 0.1) is 5.41 Å². The molecule has 0 atom stereocenters. The van der Waals surface area contributed by atoms with Crippen molar-refractivity contribution in [2.24, 2.45) is 10.4 Å². The van der Waals surface area contributed by atoms with Gasteiger partial charge in [-0.2, -0.15) is 0 Å². The van der Waals surface area contributed by atoms with Crippen molar-refractivity contribution in [3.05, 3.63) is 0 Å². The minimum atomic E-state index is 0. The molecule has 2 N–H and O–H groups in total. The molecule has 0 aromatic heterocycles. The molecule has 24 heavy (non-hydrogen) atoms. The fourth-order valence-electron chi connectivity index (χ4n) is 3.03. The van der Waals surface area contributed by atoms with Crippen molar-refractivity contribution in [2.45, 2.75) is 66.0 Å². The van der Waals surface area contributed by atoms with E-state index in [-0.39, 0.29) is 24.0 Å². The Hall–Kier alpha value is -0.0800. The summed E-state index contributed by atoms with van der Waals surface area (Å²) in [6.45, 7) is 15.7. The molecule has 1 fully saturated rings. The summed E-state index contributed by atoms with van der Waals surface area (Å²) in [7, 11) is 1.84. The van der Waals surface area contributed by atoms with E-state index in [4.69, 9.17) is 4.74 Å². The third-order valence-corrected chi connectivity index (χ3v) is 4.78. The molecule has 0 unspecified atom stereocenters. The lowest BCUT2D eigenvalue weighted by molar-refractivity contribution is 0.128. The van der Waals surface area contributed by atoms with E-state index in [9.17, 15) is 0 Å². The number of hydrogen-bond donors (Lipinski definition) is 2. The van der Waals surface area contributed by atoms with Crippen molar-refractivity contribution in [3.63, 3.8) is 0 Å². The first kappa shape index (κ1) is 23.9. The molecule has 0 radical (unpaired) electrons. The largest absolute Gasteiger partial charge is 0.382 e. The molecular formula is C18H39IN4O. The zero-order chi connectivity index (χ0) is 17.3. The Morgan fingerprint density at radius 3 is 2.25 bits per heavy atom. The van der Waals surface area contributed by atoms with Gasteiger partial charge in [0.15, 0.2) is 5.96 Å². The van der Waals surface area contributed by atoms with Gasteiger partial charge in [-0.15, -0.1) is 24.0 Å². The van der Waals surface area contributed by atoms with Crippen LogP contribution in [0.5, 0.6) is 0 Å². The molecule has 1 aliphatic carbocycles. The molecule has 0 amide bonds. The maximum atomic E-state index is 5.50. The first-order valence-electron chi connectivity index (χ1n) is 9.22. The van der Waals surface area contributed by atoms with Gasteiger partial charge in [0.2, 0.25) is 0 Å². The summed E-state index contributed by atoms with van der Waals surface area (Å²) in [6.07, 6.45) is 3.76. The quantitative estimate of drug-likeness (QED) is 0.218. The monoisotopic (exact) mass is 454 g/mol. The van der Waals surface area contributed by atoms with Gasteiger partial charge < -0.3 is 15.4 Å². The van der Waals surface area contributed by atoms with E-state index in [0.29, 0.717) is 17.5 Å². The SMILES string of the molecule is CCOCCC1(CNC(=NC)NCCN(C(C)C)C(C)C)CC1.I. The lowest BCUT2D eigenvalue weighted by Crippen LogP contribution is -2.46. The van der Waals surface area contributed by atoms with Gasteiger partial charge in [0.05, 0.1) is 0 Å². The van der Waals surface area contributed by atoms with E-state index in [1.807, 2.05) is 7.05 Å². The Labute approximate surface area is 166 Å². The van der Waals surface area contributed by atoms with Crippen LogP contribution in [0.3, 0.4) is 0 Å². The molecule has 0 saturated heterocycles. The molecule has 5 nitrogen and oxygen atoms in total. The summed E-state index contributed by atoms with van der Waals surface area (Å²) in [5, 5.41) is 6.94. The third-order valence-electron chi connectivity index (χ3n) is 4.78. The molecule has 144 valence electrons. The number of ether oxygens (including phenoxy) is 1. The fourth-order valence-corrected chi connectivity index (χ4v) is 3.03. The standard InChI is InChI=1S/C18H38N4O.HI/c1-7-23-13-10-18(8-9-18)14-21-17(19-6)20-11-12-22(15(2)3)16(4)5;/h15-16H,7-14H2,1-6H3,(H2,19,20,21);1H. The molecule has 0 aromatic carbocycles. The van der Waals surface area contributed by atoms with E-state index in [0.717, 1.165) is 45.2 Å².